The van der Waals surface area contributed by atoms with E-state index in [0.29, 0.717) is 17.8 Å². The van der Waals surface area contributed by atoms with E-state index in [1.54, 1.807) is 6.07 Å². The minimum Gasteiger partial charge on any atom is -0.366 e. The molecule has 2 aliphatic heterocycles. The van der Waals surface area contributed by atoms with Crippen molar-refractivity contribution in [3.8, 4) is 0 Å². The van der Waals surface area contributed by atoms with Crippen molar-refractivity contribution in [3.05, 3.63) is 41.2 Å². The molecule has 150 valence electrons. The number of ketones is 1. The Kier molecular flexibility index (Phi) is 6.22. The summed E-state index contributed by atoms with van der Waals surface area (Å²) in [5.41, 5.74) is 1.26. The maximum Gasteiger partial charge on any atom is 0.186 e. The summed E-state index contributed by atoms with van der Waals surface area (Å²) in [6.45, 7) is 6.43. The van der Waals surface area contributed by atoms with Gasteiger partial charge in [-0.05, 0) is 51.0 Å². The second kappa shape index (κ2) is 9.01. The first-order valence-electron chi connectivity index (χ1n) is 10.2. The van der Waals surface area contributed by atoms with Crippen molar-refractivity contribution in [2.75, 3.05) is 55.6 Å². The lowest BCUT2D eigenvalue weighted by atomic mass is 10.2. The van der Waals surface area contributed by atoms with E-state index in [-0.39, 0.29) is 11.6 Å². The predicted octanol–water partition coefficient (Wildman–Crippen LogP) is 3.67. The third-order valence-electron chi connectivity index (χ3n) is 5.60. The molecule has 0 amide bonds. The van der Waals surface area contributed by atoms with E-state index in [2.05, 4.69) is 19.7 Å². The van der Waals surface area contributed by atoms with Crippen LogP contribution in [0.25, 0.3) is 0 Å². The number of carbonyl (C=O) groups excluding carboxylic acids is 1. The van der Waals surface area contributed by atoms with Gasteiger partial charge < -0.3 is 14.7 Å². The van der Waals surface area contributed by atoms with Crippen molar-refractivity contribution < 1.29 is 9.18 Å². The molecule has 3 heterocycles. The highest BCUT2D eigenvalue weighted by molar-refractivity contribution is 7.13. The van der Waals surface area contributed by atoms with Crippen LogP contribution in [0.2, 0.25) is 0 Å². The van der Waals surface area contributed by atoms with Crippen LogP contribution >= 0.6 is 11.3 Å². The number of Topliss-reactive ketones (excluding diaryl/α,β-unsaturated/α-hetero) is 1. The molecule has 2 aromatic rings. The minimum atomic E-state index is -0.174. The zero-order valence-electron chi connectivity index (χ0n) is 16.1. The number of carbonyl (C=O) groups is 1. The fraction of sp³-hybridized carbons (Fsp3) is 0.524. The third kappa shape index (κ3) is 4.52. The number of benzene rings is 1. The van der Waals surface area contributed by atoms with Crippen LogP contribution in [0, 0.1) is 5.82 Å². The maximum atomic E-state index is 14.0. The normalized spacial score (nSPS) is 18.0. The van der Waals surface area contributed by atoms with E-state index in [9.17, 15) is 9.18 Å². The average Bonchev–Trinajstić information content (AvgIpc) is 3.41. The Morgan fingerprint density at radius 3 is 2.50 bits per heavy atom. The van der Waals surface area contributed by atoms with Crippen molar-refractivity contribution in [2.45, 2.75) is 25.7 Å². The highest BCUT2D eigenvalue weighted by atomic mass is 32.1. The second-order valence-electron chi connectivity index (χ2n) is 7.52. The number of likely N-dealkylation sites (tertiary alicyclic amines) is 1. The van der Waals surface area contributed by atoms with Crippen LogP contribution in [0.15, 0.2) is 29.6 Å². The van der Waals surface area contributed by atoms with Gasteiger partial charge in [0.15, 0.2) is 10.9 Å². The van der Waals surface area contributed by atoms with Crippen molar-refractivity contribution in [1.29, 1.82) is 0 Å². The van der Waals surface area contributed by atoms with Crippen LogP contribution < -0.4 is 9.80 Å². The van der Waals surface area contributed by atoms with E-state index in [1.165, 1.54) is 43.3 Å². The zero-order valence-corrected chi connectivity index (χ0v) is 17.0. The highest BCUT2D eigenvalue weighted by Crippen LogP contribution is 2.25. The first-order chi connectivity index (χ1) is 13.7. The fourth-order valence-corrected chi connectivity index (χ4v) is 4.87. The summed E-state index contributed by atoms with van der Waals surface area (Å²) in [5.74, 6) is -0.0290. The number of piperazine rings is 1. The Hall–Kier alpha value is -1.99. The number of para-hydroxylation sites is 1. The standard InChI is InChI=1S/C21H27FN4OS/c22-17-6-1-2-7-19(17)25-12-14-26(15-13-25)21-23-18(16-28-21)20(27)8-5-11-24-9-3-4-10-24/h1-2,6-7,16H,3-5,8-15H2. The van der Waals surface area contributed by atoms with E-state index in [1.807, 2.05) is 17.5 Å². The van der Waals surface area contributed by atoms with E-state index in [4.69, 9.17) is 0 Å². The molecule has 0 radical (unpaired) electrons. The number of halogens is 1. The minimum absolute atomic E-state index is 0.145. The number of rotatable bonds is 7. The summed E-state index contributed by atoms with van der Waals surface area (Å²) >= 11 is 1.53. The first-order valence-corrected chi connectivity index (χ1v) is 11.0. The number of hydrogen-bond acceptors (Lipinski definition) is 6. The molecule has 5 nitrogen and oxygen atoms in total. The van der Waals surface area contributed by atoms with Gasteiger partial charge in [0, 0.05) is 38.0 Å². The van der Waals surface area contributed by atoms with Gasteiger partial charge >= 0.3 is 0 Å². The summed E-state index contributed by atoms with van der Waals surface area (Å²) in [6.07, 6.45) is 4.05. The molecule has 0 unspecified atom stereocenters. The van der Waals surface area contributed by atoms with E-state index < -0.39 is 0 Å². The molecule has 1 aromatic heterocycles. The van der Waals surface area contributed by atoms with E-state index >= 15 is 0 Å². The lowest BCUT2D eigenvalue weighted by Crippen LogP contribution is -2.46. The Labute approximate surface area is 169 Å². The van der Waals surface area contributed by atoms with Crippen LogP contribution in [0.1, 0.15) is 36.2 Å². The number of anilines is 2. The number of nitrogens with zero attached hydrogens (tertiary/aromatic N) is 4. The van der Waals surface area contributed by atoms with Gasteiger partial charge in [0.25, 0.3) is 0 Å². The molecule has 2 saturated heterocycles. The predicted molar refractivity (Wildman–Crippen MR) is 112 cm³/mol. The molecule has 2 fully saturated rings. The Morgan fingerprint density at radius 2 is 1.75 bits per heavy atom. The molecule has 0 atom stereocenters. The van der Waals surface area contributed by atoms with Crippen molar-refractivity contribution in [3.63, 3.8) is 0 Å². The molecule has 0 aliphatic carbocycles. The van der Waals surface area contributed by atoms with Gasteiger partial charge in [0.1, 0.15) is 11.5 Å². The summed E-state index contributed by atoms with van der Waals surface area (Å²) in [7, 11) is 0. The zero-order chi connectivity index (χ0) is 19.3. The quantitative estimate of drug-likeness (QED) is 0.661. The van der Waals surface area contributed by atoms with Crippen LogP contribution in [0.5, 0.6) is 0 Å². The lowest BCUT2D eigenvalue weighted by molar-refractivity contribution is 0.0972. The smallest absolute Gasteiger partial charge is 0.186 e. The molecule has 7 heteroatoms. The second-order valence-corrected chi connectivity index (χ2v) is 8.35. The summed E-state index contributed by atoms with van der Waals surface area (Å²) in [6, 6.07) is 6.92. The number of hydrogen-bond donors (Lipinski definition) is 0. The lowest BCUT2D eigenvalue weighted by Gasteiger charge is -2.36. The van der Waals surface area contributed by atoms with Gasteiger partial charge in [-0.1, -0.05) is 12.1 Å². The Morgan fingerprint density at radius 1 is 1.04 bits per heavy atom. The van der Waals surface area contributed by atoms with Crippen molar-refractivity contribution in [1.82, 2.24) is 9.88 Å². The third-order valence-corrected chi connectivity index (χ3v) is 6.50. The molecule has 0 bridgehead atoms. The first kappa shape index (κ1) is 19.3. The van der Waals surface area contributed by atoms with Gasteiger partial charge in [-0.3, -0.25) is 4.79 Å². The van der Waals surface area contributed by atoms with Gasteiger partial charge in [-0.25, -0.2) is 9.37 Å². The largest absolute Gasteiger partial charge is 0.366 e. The molecule has 0 saturated carbocycles. The monoisotopic (exact) mass is 402 g/mol. The number of thiazole rings is 1. The summed E-state index contributed by atoms with van der Waals surface area (Å²) in [4.78, 5) is 23.7. The molecule has 2 aliphatic rings. The molecule has 4 rings (SSSR count). The Bertz CT molecular complexity index is 797. The van der Waals surface area contributed by atoms with Crippen molar-refractivity contribution >= 4 is 27.9 Å². The molecule has 28 heavy (non-hydrogen) atoms. The topological polar surface area (TPSA) is 39.7 Å². The number of aromatic nitrogens is 1. The van der Waals surface area contributed by atoms with Crippen molar-refractivity contribution in [2.24, 2.45) is 0 Å². The SMILES string of the molecule is O=C(CCCN1CCCC1)c1csc(N2CCN(c3ccccc3F)CC2)n1. The van der Waals surface area contributed by atoms with Gasteiger partial charge in [-0.2, -0.15) is 0 Å². The van der Waals surface area contributed by atoms with Crippen LogP contribution in [0.4, 0.5) is 15.2 Å². The van der Waals surface area contributed by atoms with Crippen LogP contribution in [-0.2, 0) is 0 Å². The molecule has 0 spiro atoms. The Balaban J connectivity index is 1.27. The molecular formula is C21H27FN4OS. The van der Waals surface area contributed by atoms with Crippen LogP contribution in [-0.4, -0.2) is 61.5 Å². The molecule has 1 aromatic carbocycles. The summed E-state index contributed by atoms with van der Waals surface area (Å²) < 4.78 is 14.0. The van der Waals surface area contributed by atoms with Gasteiger partial charge in [0.05, 0.1) is 5.69 Å². The maximum absolute atomic E-state index is 14.0. The molecular weight excluding hydrogens is 375 g/mol. The summed E-state index contributed by atoms with van der Waals surface area (Å²) in [5, 5.41) is 2.78. The highest BCUT2D eigenvalue weighted by Gasteiger charge is 2.22. The van der Waals surface area contributed by atoms with Crippen LogP contribution in [0.3, 0.4) is 0 Å². The molecule has 0 N–H and O–H groups in total. The average molecular weight is 403 g/mol. The van der Waals surface area contributed by atoms with E-state index in [0.717, 1.165) is 44.3 Å². The van der Waals surface area contributed by atoms with Gasteiger partial charge in [0.2, 0.25) is 0 Å². The fourth-order valence-electron chi connectivity index (χ4n) is 3.98. The van der Waals surface area contributed by atoms with Gasteiger partial charge in [-0.15, -0.1) is 11.3 Å².